The molecule has 1 aliphatic rings. The number of phenols is 2. The molecule has 5 heteroatoms. The van der Waals surface area contributed by atoms with Crippen LogP contribution in [0.25, 0.3) is 0 Å². The molecular weight excluding hydrogens is 256 g/mol. The third-order valence-corrected chi connectivity index (χ3v) is 4.02. The highest BCUT2D eigenvalue weighted by Crippen LogP contribution is 2.48. The first-order chi connectivity index (χ1) is 8.49. The maximum absolute atomic E-state index is 11.6. The Balaban J connectivity index is 2.63. The van der Waals surface area contributed by atoms with Gasteiger partial charge in [0.15, 0.2) is 11.5 Å². The van der Waals surface area contributed by atoms with Crippen LogP contribution in [0.3, 0.4) is 0 Å². The molecule has 1 aromatic carbocycles. The van der Waals surface area contributed by atoms with Gasteiger partial charge in [-0.05, 0) is 25.0 Å². The molecule has 18 heavy (non-hydrogen) atoms. The van der Waals surface area contributed by atoms with Crippen LogP contribution in [0.1, 0.15) is 37.7 Å². The number of hydrogen-bond donors (Lipinski definition) is 3. The third-order valence-electron chi connectivity index (χ3n) is 3.70. The lowest BCUT2D eigenvalue weighted by molar-refractivity contribution is -0.145. The summed E-state index contributed by atoms with van der Waals surface area (Å²) >= 11 is 6.03. The van der Waals surface area contributed by atoms with E-state index in [9.17, 15) is 20.1 Å². The number of rotatable bonds is 2. The van der Waals surface area contributed by atoms with Crippen LogP contribution in [0.5, 0.6) is 11.5 Å². The van der Waals surface area contributed by atoms with E-state index < -0.39 is 17.1 Å². The number of hydrogen-bond acceptors (Lipinski definition) is 3. The van der Waals surface area contributed by atoms with E-state index in [1.54, 1.807) is 0 Å². The fourth-order valence-corrected chi connectivity index (χ4v) is 3.07. The van der Waals surface area contributed by atoms with Crippen molar-refractivity contribution in [1.82, 2.24) is 0 Å². The molecule has 0 spiro atoms. The molecule has 0 aromatic heterocycles. The number of carbonyl (C=O) groups is 1. The van der Waals surface area contributed by atoms with E-state index >= 15 is 0 Å². The fraction of sp³-hybridized carbons (Fsp3) is 0.462. The number of benzene rings is 1. The molecule has 0 unspecified atom stereocenters. The van der Waals surface area contributed by atoms with Gasteiger partial charge in [0.25, 0.3) is 0 Å². The van der Waals surface area contributed by atoms with Crippen molar-refractivity contribution in [3.05, 3.63) is 22.7 Å². The van der Waals surface area contributed by atoms with Crippen LogP contribution in [-0.4, -0.2) is 21.3 Å². The zero-order valence-corrected chi connectivity index (χ0v) is 10.6. The normalized spacial score (nSPS) is 18.5. The second-order valence-corrected chi connectivity index (χ2v) is 5.15. The number of aromatic hydroxyl groups is 2. The van der Waals surface area contributed by atoms with Gasteiger partial charge in [-0.25, -0.2) is 0 Å². The molecule has 2 rings (SSSR count). The van der Waals surface area contributed by atoms with Crippen molar-refractivity contribution in [2.45, 2.75) is 37.5 Å². The zero-order valence-electron chi connectivity index (χ0n) is 9.82. The summed E-state index contributed by atoms with van der Waals surface area (Å²) in [6.07, 6.45) is 3.39. The van der Waals surface area contributed by atoms with E-state index in [0.717, 1.165) is 19.3 Å². The van der Waals surface area contributed by atoms with E-state index in [0.29, 0.717) is 12.8 Å². The first-order valence-corrected chi connectivity index (χ1v) is 6.31. The smallest absolute Gasteiger partial charge is 0.314 e. The number of carboxylic acids is 1. The summed E-state index contributed by atoms with van der Waals surface area (Å²) in [7, 11) is 0. The molecule has 1 saturated carbocycles. The van der Waals surface area contributed by atoms with Crippen molar-refractivity contribution >= 4 is 17.6 Å². The summed E-state index contributed by atoms with van der Waals surface area (Å²) in [6, 6.07) is 2.69. The predicted octanol–water partition coefficient (Wildman–Crippen LogP) is 3.04. The lowest BCUT2D eigenvalue weighted by atomic mass is 9.69. The van der Waals surface area contributed by atoms with E-state index in [2.05, 4.69) is 0 Å². The summed E-state index contributed by atoms with van der Waals surface area (Å²) in [5, 5.41) is 29.2. The van der Waals surface area contributed by atoms with Crippen LogP contribution in [0, 0.1) is 0 Å². The van der Waals surface area contributed by atoms with E-state index in [-0.39, 0.29) is 16.3 Å². The van der Waals surface area contributed by atoms with Crippen molar-refractivity contribution in [3.8, 4) is 11.5 Å². The molecular formula is C13H15ClO4. The molecule has 0 radical (unpaired) electrons. The zero-order chi connectivity index (χ0) is 13.3. The Morgan fingerprint density at radius 2 is 1.78 bits per heavy atom. The van der Waals surface area contributed by atoms with Crippen molar-refractivity contribution < 1.29 is 20.1 Å². The average Bonchev–Trinajstić information content (AvgIpc) is 2.35. The Morgan fingerprint density at radius 1 is 1.17 bits per heavy atom. The van der Waals surface area contributed by atoms with Crippen LogP contribution in [0.2, 0.25) is 5.02 Å². The fourth-order valence-electron chi connectivity index (χ4n) is 2.74. The number of aliphatic carboxylic acids is 1. The second-order valence-electron chi connectivity index (χ2n) is 4.74. The standard InChI is InChI=1S/C13H15ClO4/c14-8-4-5-9(15)11(16)10(8)13(12(17)18)6-2-1-3-7-13/h4-5,15-16H,1-3,6-7H2,(H,17,18). The SMILES string of the molecule is O=C(O)C1(c2c(Cl)ccc(O)c2O)CCCCC1. The first kappa shape index (κ1) is 13.0. The van der Waals surface area contributed by atoms with Crippen molar-refractivity contribution in [1.29, 1.82) is 0 Å². The van der Waals surface area contributed by atoms with Gasteiger partial charge in [0.05, 0.1) is 5.41 Å². The number of phenolic OH excluding ortho intramolecular Hbond substituents is 2. The monoisotopic (exact) mass is 270 g/mol. The molecule has 98 valence electrons. The Hall–Kier alpha value is -1.42. The van der Waals surface area contributed by atoms with Gasteiger partial charge >= 0.3 is 5.97 Å². The summed E-state index contributed by atoms with van der Waals surface area (Å²) in [4.78, 5) is 11.6. The lowest BCUT2D eigenvalue weighted by Gasteiger charge is -2.34. The third kappa shape index (κ3) is 1.90. The molecule has 1 fully saturated rings. The highest BCUT2D eigenvalue weighted by atomic mass is 35.5. The van der Waals surface area contributed by atoms with E-state index in [1.165, 1.54) is 12.1 Å². The average molecular weight is 271 g/mol. The largest absolute Gasteiger partial charge is 0.504 e. The van der Waals surface area contributed by atoms with Crippen molar-refractivity contribution in [2.24, 2.45) is 0 Å². The molecule has 0 saturated heterocycles. The first-order valence-electron chi connectivity index (χ1n) is 5.93. The lowest BCUT2D eigenvalue weighted by Crippen LogP contribution is -2.38. The van der Waals surface area contributed by atoms with Crippen LogP contribution >= 0.6 is 11.6 Å². The second kappa shape index (κ2) is 4.69. The van der Waals surface area contributed by atoms with Gasteiger partial charge in [0, 0.05) is 10.6 Å². The Labute approximate surface area is 110 Å². The van der Waals surface area contributed by atoms with E-state index in [1.807, 2.05) is 0 Å². The Bertz CT molecular complexity index is 478. The highest BCUT2D eigenvalue weighted by Gasteiger charge is 2.45. The topological polar surface area (TPSA) is 77.8 Å². The molecule has 3 N–H and O–H groups in total. The number of halogens is 1. The highest BCUT2D eigenvalue weighted by molar-refractivity contribution is 6.32. The van der Waals surface area contributed by atoms with Crippen molar-refractivity contribution in [3.63, 3.8) is 0 Å². The van der Waals surface area contributed by atoms with Gasteiger partial charge in [-0.15, -0.1) is 0 Å². The van der Waals surface area contributed by atoms with Crippen LogP contribution < -0.4 is 0 Å². The summed E-state index contributed by atoms with van der Waals surface area (Å²) < 4.78 is 0. The molecule has 0 amide bonds. The minimum atomic E-state index is -1.18. The number of carboxylic acid groups (broad SMARTS) is 1. The van der Waals surface area contributed by atoms with Gasteiger partial charge in [-0.1, -0.05) is 30.9 Å². The molecule has 4 nitrogen and oxygen atoms in total. The molecule has 0 heterocycles. The van der Waals surface area contributed by atoms with Gasteiger partial charge in [0.1, 0.15) is 0 Å². The molecule has 0 aliphatic heterocycles. The summed E-state index contributed by atoms with van der Waals surface area (Å²) in [5.74, 6) is -1.74. The molecule has 1 aromatic rings. The van der Waals surface area contributed by atoms with Gasteiger partial charge in [-0.3, -0.25) is 4.79 Å². The maximum atomic E-state index is 11.6. The maximum Gasteiger partial charge on any atom is 0.314 e. The van der Waals surface area contributed by atoms with E-state index in [4.69, 9.17) is 11.6 Å². The van der Waals surface area contributed by atoms with Crippen LogP contribution in [0.4, 0.5) is 0 Å². The van der Waals surface area contributed by atoms with Crippen LogP contribution in [-0.2, 0) is 10.2 Å². The van der Waals surface area contributed by atoms with Crippen molar-refractivity contribution in [2.75, 3.05) is 0 Å². The molecule has 0 atom stereocenters. The van der Waals surface area contributed by atoms with Gasteiger partial charge < -0.3 is 15.3 Å². The molecule has 0 bridgehead atoms. The Kier molecular flexibility index (Phi) is 3.39. The van der Waals surface area contributed by atoms with Gasteiger partial charge in [-0.2, -0.15) is 0 Å². The quantitative estimate of drug-likeness (QED) is 0.722. The van der Waals surface area contributed by atoms with Gasteiger partial charge in [0.2, 0.25) is 0 Å². The van der Waals surface area contributed by atoms with Crippen LogP contribution in [0.15, 0.2) is 12.1 Å². The minimum absolute atomic E-state index is 0.149. The summed E-state index contributed by atoms with van der Waals surface area (Å²) in [5.41, 5.74) is -1.03. The minimum Gasteiger partial charge on any atom is -0.504 e. The Morgan fingerprint density at radius 3 is 2.33 bits per heavy atom. The predicted molar refractivity (Wildman–Crippen MR) is 67.2 cm³/mol. The molecule has 1 aliphatic carbocycles. The summed E-state index contributed by atoms with van der Waals surface area (Å²) in [6.45, 7) is 0.